The van der Waals surface area contributed by atoms with Gasteiger partial charge < -0.3 is 10.4 Å². The maximum absolute atomic E-state index is 11.2. The van der Waals surface area contributed by atoms with Crippen LogP contribution in [0.5, 0.6) is 0 Å². The van der Waals surface area contributed by atoms with Gasteiger partial charge in [-0.25, -0.2) is 9.80 Å². The lowest BCUT2D eigenvalue weighted by Crippen LogP contribution is -2.49. The van der Waals surface area contributed by atoms with E-state index in [2.05, 4.69) is 22.9 Å². The highest BCUT2D eigenvalue weighted by Gasteiger charge is 2.20. The van der Waals surface area contributed by atoms with E-state index in [9.17, 15) is 4.79 Å². The van der Waals surface area contributed by atoms with Crippen LogP contribution < -0.4 is 16.3 Å². The number of hydrogen-bond donors (Lipinski definition) is 4. The van der Waals surface area contributed by atoms with Gasteiger partial charge in [0.2, 0.25) is 0 Å². The fourth-order valence-corrected chi connectivity index (χ4v) is 1.47. The van der Waals surface area contributed by atoms with Gasteiger partial charge in [-0.05, 0) is 6.08 Å². The van der Waals surface area contributed by atoms with E-state index in [4.69, 9.17) is 10.4 Å². The van der Waals surface area contributed by atoms with Gasteiger partial charge in [0.1, 0.15) is 17.5 Å². The average Bonchev–Trinajstić information content (AvgIpc) is 2.39. The molecule has 1 rings (SSSR count). The molecular weight excluding hydrogens is 246 g/mol. The van der Waals surface area contributed by atoms with E-state index >= 15 is 0 Å². The molecule has 0 aromatic rings. The SMILES string of the molecule is C=C1NC(NNN(CC)CC)=C(C(=O)O)C=C1C#N. The lowest BCUT2D eigenvalue weighted by Gasteiger charge is -2.25. The zero-order valence-corrected chi connectivity index (χ0v) is 10.9. The first-order valence-corrected chi connectivity index (χ1v) is 5.85. The van der Waals surface area contributed by atoms with Crippen molar-refractivity contribution in [3.8, 4) is 6.07 Å². The Balaban J connectivity index is 2.94. The number of dihydropyridines is 1. The summed E-state index contributed by atoms with van der Waals surface area (Å²) in [5.41, 5.74) is 6.19. The number of carbonyl (C=O) groups is 1. The number of rotatable bonds is 6. The van der Waals surface area contributed by atoms with Gasteiger partial charge >= 0.3 is 5.97 Å². The summed E-state index contributed by atoms with van der Waals surface area (Å²) in [4.78, 5) is 11.2. The third kappa shape index (κ3) is 3.58. The van der Waals surface area contributed by atoms with Gasteiger partial charge in [0, 0.05) is 13.1 Å². The number of nitriles is 1. The molecule has 0 aromatic carbocycles. The summed E-state index contributed by atoms with van der Waals surface area (Å²) in [6, 6.07) is 1.89. The molecule has 0 amide bonds. The summed E-state index contributed by atoms with van der Waals surface area (Å²) in [5.74, 6) is -0.875. The number of carboxylic acids is 1. The van der Waals surface area contributed by atoms with Gasteiger partial charge in [0.15, 0.2) is 0 Å². The molecule has 0 aliphatic carbocycles. The third-order valence-electron chi connectivity index (χ3n) is 2.61. The maximum Gasteiger partial charge on any atom is 0.339 e. The Bertz CT molecular complexity index is 483. The summed E-state index contributed by atoms with van der Waals surface area (Å²) in [5, 5.41) is 22.6. The lowest BCUT2D eigenvalue weighted by molar-refractivity contribution is -0.132. The van der Waals surface area contributed by atoms with E-state index in [-0.39, 0.29) is 17.0 Å². The van der Waals surface area contributed by atoms with E-state index in [0.29, 0.717) is 5.70 Å². The molecule has 7 heteroatoms. The molecule has 0 unspecified atom stereocenters. The molecule has 1 aliphatic rings. The molecule has 0 aromatic heterocycles. The maximum atomic E-state index is 11.2. The van der Waals surface area contributed by atoms with Crippen molar-refractivity contribution in [3.05, 3.63) is 35.3 Å². The molecular formula is C12H17N5O2. The second-order valence-corrected chi connectivity index (χ2v) is 3.78. The number of hydrazine groups is 2. The van der Waals surface area contributed by atoms with Crippen molar-refractivity contribution in [1.82, 2.24) is 21.3 Å². The number of allylic oxidation sites excluding steroid dienone is 1. The Hall–Kier alpha value is -2.30. The van der Waals surface area contributed by atoms with Crippen LogP contribution in [0.15, 0.2) is 35.3 Å². The largest absolute Gasteiger partial charge is 0.478 e. The Morgan fingerprint density at radius 2 is 2.21 bits per heavy atom. The minimum absolute atomic E-state index is 0.0244. The van der Waals surface area contributed by atoms with Crippen LogP contribution in [0.25, 0.3) is 0 Å². The molecule has 0 bridgehead atoms. The molecule has 0 atom stereocenters. The summed E-state index contributed by atoms with van der Waals surface area (Å²) < 4.78 is 0. The second kappa shape index (κ2) is 6.58. The Morgan fingerprint density at radius 3 is 2.68 bits per heavy atom. The molecule has 0 radical (unpaired) electrons. The van der Waals surface area contributed by atoms with E-state index < -0.39 is 5.97 Å². The molecule has 0 saturated heterocycles. The fraction of sp³-hybridized carbons (Fsp3) is 0.333. The van der Waals surface area contributed by atoms with Crippen LogP contribution in [0.4, 0.5) is 0 Å². The van der Waals surface area contributed by atoms with Crippen molar-refractivity contribution in [2.75, 3.05) is 13.1 Å². The standard InChI is InChI=1S/C12H17N5O2/c1-4-17(5-2)16-15-11-10(12(18)19)6-9(7-13)8(3)14-11/h6,14-16H,3-5H2,1-2H3,(H,18,19). The van der Waals surface area contributed by atoms with Crippen molar-refractivity contribution in [1.29, 1.82) is 5.26 Å². The van der Waals surface area contributed by atoms with E-state index in [1.807, 2.05) is 24.9 Å². The highest BCUT2D eigenvalue weighted by molar-refractivity contribution is 5.92. The van der Waals surface area contributed by atoms with Crippen LogP contribution in [0.3, 0.4) is 0 Å². The number of carboxylic acid groups (broad SMARTS) is 1. The number of aliphatic carboxylic acids is 1. The molecule has 19 heavy (non-hydrogen) atoms. The average molecular weight is 263 g/mol. The molecule has 4 N–H and O–H groups in total. The van der Waals surface area contributed by atoms with Crippen molar-refractivity contribution >= 4 is 5.97 Å². The van der Waals surface area contributed by atoms with Crippen molar-refractivity contribution in [3.63, 3.8) is 0 Å². The van der Waals surface area contributed by atoms with Gasteiger partial charge in [0.25, 0.3) is 0 Å². The first-order valence-electron chi connectivity index (χ1n) is 5.85. The van der Waals surface area contributed by atoms with Crippen LogP contribution in [-0.4, -0.2) is 29.2 Å². The van der Waals surface area contributed by atoms with Gasteiger partial charge in [-0.1, -0.05) is 20.4 Å². The van der Waals surface area contributed by atoms with Crippen LogP contribution in [0.2, 0.25) is 0 Å². The molecule has 0 spiro atoms. The number of nitrogens with one attached hydrogen (secondary N) is 3. The highest BCUT2D eigenvalue weighted by Crippen LogP contribution is 2.17. The van der Waals surface area contributed by atoms with Crippen LogP contribution in [0.1, 0.15) is 13.8 Å². The molecule has 0 fully saturated rings. The molecule has 1 aliphatic heterocycles. The van der Waals surface area contributed by atoms with E-state index in [0.717, 1.165) is 13.1 Å². The fourth-order valence-electron chi connectivity index (χ4n) is 1.47. The zero-order valence-electron chi connectivity index (χ0n) is 10.9. The first-order chi connectivity index (χ1) is 9.03. The summed E-state index contributed by atoms with van der Waals surface area (Å²) in [6.45, 7) is 9.09. The van der Waals surface area contributed by atoms with Crippen LogP contribution in [0, 0.1) is 11.3 Å². The topological polar surface area (TPSA) is 100 Å². The third-order valence-corrected chi connectivity index (χ3v) is 2.61. The Kier molecular flexibility index (Phi) is 5.11. The monoisotopic (exact) mass is 263 g/mol. The molecule has 102 valence electrons. The number of hydrogen-bond acceptors (Lipinski definition) is 6. The van der Waals surface area contributed by atoms with Crippen molar-refractivity contribution in [2.45, 2.75) is 13.8 Å². The van der Waals surface area contributed by atoms with Gasteiger partial charge in [-0.2, -0.15) is 10.8 Å². The van der Waals surface area contributed by atoms with Crippen molar-refractivity contribution < 1.29 is 9.90 Å². The summed E-state index contributed by atoms with van der Waals surface area (Å²) >= 11 is 0. The zero-order chi connectivity index (χ0) is 14.4. The lowest BCUT2D eigenvalue weighted by atomic mass is 10.1. The minimum Gasteiger partial charge on any atom is -0.478 e. The normalized spacial score (nSPS) is 14.8. The highest BCUT2D eigenvalue weighted by atomic mass is 16.4. The summed E-state index contributed by atoms with van der Waals surface area (Å²) in [7, 11) is 0. The molecule has 0 saturated carbocycles. The van der Waals surface area contributed by atoms with E-state index in [1.165, 1.54) is 6.08 Å². The Labute approximate surface area is 111 Å². The van der Waals surface area contributed by atoms with E-state index in [1.54, 1.807) is 0 Å². The van der Waals surface area contributed by atoms with Gasteiger partial charge in [0.05, 0.1) is 11.3 Å². The Morgan fingerprint density at radius 1 is 1.58 bits per heavy atom. The molecule has 7 nitrogen and oxygen atoms in total. The van der Waals surface area contributed by atoms with Crippen LogP contribution >= 0.6 is 0 Å². The minimum atomic E-state index is -1.13. The quantitative estimate of drug-likeness (QED) is 0.508. The van der Waals surface area contributed by atoms with Crippen LogP contribution in [-0.2, 0) is 4.79 Å². The van der Waals surface area contributed by atoms with Gasteiger partial charge in [-0.3, -0.25) is 5.43 Å². The summed E-state index contributed by atoms with van der Waals surface area (Å²) in [6.07, 6.45) is 1.29. The first kappa shape index (κ1) is 14.8. The van der Waals surface area contributed by atoms with Crippen molar-refractivity contribution in [2.24, 2.45) is 0 Å². The predicted octanol–water partition coefficient (Wildman–Crippen LogP) is 0.200. The molecule has 1 heterocycles. The number of nitrogens with zero attached hydrogens (tertiary/aromatic N) is 2. The van der Waals surface area contributed by atoms with Gasteiger partial charge in [-0.15, -0.1) is 0 Å². The smallest absolute Gasteiger partial charge is 0.339 e. The second-order valence-electron chi connectivity index (χ2n) is 3.78. The predicted molar refractivity (Wildman–Crippen MR) is 69.8 cm³/mol.